The van der Waals surface area contributed by atoms with Crippen molar-refractivity contribution in [2.24, 2.45) is 0 Å². The van der Waals surface area contributed by atoms with Crippen LogP contribution in [0.4, 0.5) is 11.4 Å². The smallest absolute Gasteiger partial charge is 0.142 e. The van der Waals surface area contributed by atoms with Gasteiger partial charge in [0.2, 0.25) is 0 Å². The minimum atomic E-state index is 0.556. The van der Waals surface area contributed by atoms with Gasteiger partial charge in [-0.1, -0.05) is 60.1 Å². The van der Waals surface area contributed by atoms with Crippen LogP contribution in [-0.2, 0) is 6.61 Å². The predicted molar refractivity (Wildman–Crippen MR) is 106 cm³/mol. The Hall–Kier alpha value is -2.65. The molecule has 3 nitrogen and oxygen atoms in total. The van der Waals surface area contributed by atoms with Crippen molar-refractivity contribution in [3.05, 3.63) is 89.4 Å². The number of hydrogen-bond donors (Lipinski definition) is 2. The Bertz CT molecular complexity index is 793. The van der Waals surface area contributed by atoms with E-state index < -0.39 is 0 Å². The Morgan fingerprint density at radius 3 is 2.36 bits per heavy atom. The number of anilines is 2. The SMILES string of the molecule is Clc1cccc(NCCNc2ccccc2OCc2ccccc2)c1. The van der Waals surface area contributed by atoms with E-state index in [0.29, 0.717) is 6.61 Å². The van der Waals surface area contributed by atoms with Crippen molar-refractivity contribution >= 4 is 23.0 Å². The van der Waals surface area contributed by atoms with Gasteiger partial charge in [-0.2, -0.15) is 0 Å². The molecule has 0 fully saturated rings. The van der Waals surface area contributed by atoms with Crippen molar-refractivity contribution in [1.29, 1.82) is 0 Å². The molecule has 4 heteroatoms. The van der Waals surface area contributed by atoms with Gasteiger partial charge in [-0.25, -0.2) is 0 Å². The zero-order valence-corrected chi connectivity index (χ0v) is 14.7. The molecule has 3 aromatic rings. The number of halogens is 1. The minimum Gasteiger partial charge on any atom is -0.487 e. The first-order valence-electron chi connectivity index (χ1n) is 8.30. The summed E-state index contributed by atoms with van der Waals surface area (Å²) < 4.78 is 5.95. The second kappa shape index (κ2) is 9.00. The zero-order chi connectivity index (χ0) is 17.3. The van der Waals surface area contributed by atoms with Gasteiger partial charge in [-0.15, -0.1) is 0 Å². The number of benzene rings is 3. The van der Waals surface area contributed by atoms with Crippen LogP contribution >= 0.6 is 11.6 Å². The monoisotopic (exact) mass is 352 g/mol. The van der Waals surface area contributed by atoms with Gasteiger partial charge in [0.1, 0.15) is 12.4 Å². The maximum Gasteiger partial charge on any atom is 0.142 e. The predicted octanol–water partition coefficient (Wildman–Crippen LogP) is 5.44. The topological polar surface area (TPSA) is 33.3 Å². The van der Waals surface area contributed by atoms with E-state index in [1.807, 2.05) is 66.7 Å². The van der Waals surface area contributed by atoms with Gasteiger partial charge in [-0.05, 0) is 35.9 Å². The summed E-state index contributed by atoms with van der Waals surface area (Å²) in [7, 11) is 0. The van der Waals surface area contributed by atoms with Gasteiger partial charge in [-0.3, -0.25) is 0 Å². The van der Waals surface area contributed by atoms with Crippen LogP contribution in [0.3, 0.4) is 0 Å². The normalized spacial score (nSPS) is 10.3. The summed E-state index contributed by atoms with van der Waals surface area (Å²) in [5, 5.41) is 7.49. The van der Waals surface area contributed by atoms with Crippen LogP contribution in [-0.4, -0.2) is 13.1 Å². The van der Waals surface area contributed by atoms with Gasteiger partial charge in [0, 0.05) is 23.8 Å². The minimum absolute atomic E-state index is 0.556. The van der Waals surface area contributed by atoms with Crippen LogP contribution < -0.4 is 15.4 Å². The molecule has 0 amide bonds. The molecule has 25 heavy (non-hydrogen) atoms. The first-order chi connectivity index (χ1) is 12.3. The second-order valence-corrected chi connectivity index (χ2v) is 6.07. The van der Waals surface area contributed by atoms with Crippen molar-refractivity contribution in [2.45, 2.75) is 6.61 Å². The molecule has 2 N–H and O–H groups in total. The summed E-state index contributed by atoms with van der Waals surface area (Å²) in [6.07, 6.45) is 0. The summed E-state index contributed by atoms with van der Waals surface area (Å²) in [6.45, 7) is 2.12. The van der Waals surface area contributed by atoms with E-state index in [0.717, 1.165) is 40.8 Å². The van der Waals surface area contributed by atoms with E-state index in [4.69, 9.17) is 16.3 Å². The molecule has 0 unspecified atom stereocenters. The Morgan fingerprint density at radius 1 is 0.760 bits per heavy atom. The molecule has 0 aromatic heterocycles. The molecule has 0 atom stereocenters. The van der Waals surface area contributed by atoms with E-state index in [1.54, 1.807) is 0 Å². The Labute approximate surface area is 153 Å². The van der Waals surface area contributed by atoms with Crippen LogP contribution in [0.25, 0.3) is 0 Å². The number of para-hydroxylation sites is 2. The molecule has 0 heterocycles. The first-order valence-corrected chi connectivity index (χ1v) is 8.68. The fourth-order valence-electron chi connectivity index (χ4n) is 2.48. The summed E-state index contributed by atoms with van der Waals surface area (Å²) in [4.78, 5) is 0. The number of hydrogen-bond acceptors (Lipinski definition) is 3. The van der Waals surface area contributed by atoms with Crippen molar-refractivity contribution in [1.82, 2.24) is 0 Å². The van der Waals surface area contributed by atoms with E-state index in [2.05, 4.69) is 22.8 Å². The third-order valence-corrected chi connectivity index (χ3v) is 3.95. The van der Waals surface area contributed by atoms with Crippen LogP contribution in [0.2, 0.25) is 5.02 Å². The van der Waals surface area contributed by atoms with E-state index in [-0.39, 0.29) is 0 Å². The highest BCUT2D eigenvalue weighted by Crippen LogP contribution is 2.24. The highest BCUT2D eigenvalue weighted by atomic mass is 35.5. The molecular weight excluding hydrogens is 332 g/mol. The maximum absolute atomic E-state index is 5.99. The van der Waals surface area contributed by atoms with Crippen LogP contribution in [0.5, 0.6) is 5.75 Å². The molecule has 128 valence electrons. The average Bonchev–Trinajstić information content (AvgIpc) is 2.65. The third-order valence-electron chi connectivity index (χ3n) is 3.72. The molecule has 0 aliphatic heterocycles. The van der Waals surface area contributed by atoms with E-state index >= 15 is 0 Å². The standard InChI is InChI=1S/C21H21ClN2O/c22-18-9-6-10-19(15-18)23-13-14-24-20-11-4-5-12-21(20)25-16-17-7-2-1-3-8-17/h1-12,15,23-24H,13-14,16H2. The lowest BCUT2D eigenvalue weighted by Gasteiger charge is -2.14. The quantitative estimate of drug-likeness (QED) is 0.529. The van der Waals surface area contributed by atoms with E-state index in [9.17, 15) is 0 Å². The number of rotatable bonds is 8. The number of ether oxygens (including phenoxy) is 1. The largest absolute Gasteiger partial charge is 0.487 e. The second-order valence-electron chi connectivity index (χ2n) is 5.63. The van der Waals surface area contributed by atoms with Gasteiger partial charge in [0.15, 0.2) is 0 Å². The van der Waals surface area contributed by atoms with Crippen molar-refractivity contribution in [2.75, 3.05) is 23.7 Å². The van der Waals surface area contributed by atoms with Gasteiger partial charge in [0.05, 0.1) is 5.69 Å². The zero-order valence-electron chi connectivity index (χ0n) is 13.9. The van der Waals surface area contributed by atoms with Gasteiger partial charge < -0.3 is 15.4 Å². The van der Waals surface area contributed by atoms with Crippen molar-refractivity contribution in [3.8, 4) is 5.75 Å². The Kier molecular flexibility index (Phi) is 6.18. The molecule has 3 aromatic carbocycles. The molecule has 0 bridgehead atoms. The molecule has 3 rings (SSSR count). The van der Waals surface area contributed by atoms with Crippen LogP contribution in [0, 0.1) is 0 Å². The van der Waals surface area contributed by atoms with Crippen LogP contribution in [0.15, 0.2) is 78.9 Å². The first kappa shape index (κ1) is 17.2. The lowest BCUT2D eigenvalue weighted by molar-refractivity contribution is 0.307. The average molecular weight is 353 g/mol. The Morgan fingerprint density at radius 2 is 1.52 bits per heavy atom. The van der Waals surface area contributed by atoms with Gasteiger partial charge in [0.25, 0.3) is 0 Å². The van der Waals surface area contributed by atoms with Crippen molar-refractivity contribution < 1.29 is 4.74 Å². The van der Waals surface area contributed by atoms with Crippen LogP contribution in [0.1, 0.15) is 5.56 Å². The summed E-state index contributed by atoms with van der Waals surface area (Å²) in [5.41, 5.74) is 3.16. The third kappa shape index (κ3) is 5.44. The molecule has 0 radical (unpaired) electrons. The summed E-state index contributed by atoms with van der Waals surface area (Å²) >= 11 is 5.99. The summed E-state index contributed by atoms with van der Waals surface area (Å²) in [5.74, 6) is 0.856. The van der Waals surface area contributed by atoms with E-state index in [1.165, 1.54) is 0 Å². The molecule has 0 saturated heterocycles. The van der Waals surface area contributed by atoms with Crippen molar-refractivity contribution in [3.63, 3.8) is 0 Å². The molecular formula is C21H21ClN2O. The lowest BCUT2D eigenvalue weighted by atomic mass is 10.2. The molecule has 0 spiro atoms. The fraction of sp³-hybridized carbons (Fsp3) is 0.143. The molecule has 0 aliphatic carbocycles. The Balaban J connectivity index is 1.50. The lowest BCUT2D eigenvalue weighted by Crippen LogP contribution is -2.14. The number of nitrogens with one attached hydrogen (secondary N) is 2. The van der Waals surface area contributed by atoms with Gasteiger partial charge >= 0.3 is 0 Å². The molecule has 0 saturated carbocycles. The fourth-order valence-corrected chi connectivity index (χ4v) is 2.67. The molecule has 0 aliphatic rings. The summed E-state index contributed by atoms with van der Waals surface area (Å²) in [6, 6.07) is 25.9. The highest BCUT2D eigenvalue weighted by molar-refractivity contribution is 6.30. The maximum atomic E-state index is 5.99. The highest BCUT2D eigenvalue weighted by Gasteiger charge is 2.03.